The lowest BCUT2D eigenvalue weighted by Crippen LogP contribution is -2.50. The van der Waals surface area contributed by atoms with Crippen LogP contribution in [0.4, 0.5) is 0 Å². The van der Waals surface area contributed by atoms with Gasteiger partial charge in [0.2, 0.25) is 5.91 Å². The Labute approximate surface area is 139 Å². The second kappa shape index (κ2) is 7.88. The summed E-state index contributed by atoms with van der Waals surface area (Å²) in [6.07, 6.45) is 4.16. The smallest absolute Gasteiger partial charge is 0.236 e. The van der Waals surface area contributed by atoms with Gasteiger partial charge in [-0.2, -0.15) is 0 Å². The minimum atomic E-state index is 0.315. The molecule has 2 fully saturated rings. The lowest BCUT2D eigenvalue weighted by atomic mass is 9.99. The van der Waals surface area contributed by atoms with Crippen molar-refractivity contribution in [2.45, 2.75) is 26.3 Å². The van der Waals surface area contributed by atoms with E-state index in [9.17, 15) is 4.79 Å². The van der Waals surface area contributed by atoms with Crippen molar-refractivity contribution in [3.05, 3.63) is 30.1 Å². The first-order valence-electron chi connectivity index (χ1n) is 8.83. The molecule has 0 aromatic carbocycles. The lowest BCUT2D eigenvalue weighted by Gasteiger charge is -2.36. The van der Waals surface area contributed by atoms with Gasteiger partial charge in [-0.1, -0.05) is 13.0 Å². The molecule has 1 amide bonds. The van der Waals surface area contributed by atoms with E-state index in [0.29, 0.717) is 12.5 Å². The van der Waals surface area contributed by atoms with Crippen LogP contribution in [0.5, 0.6) is 0 Å². The minimum absolute atomic E-state index is 0.315. The molecule has 0 aliphatic carbocycles. The van der Waals surface area contributed by atoms with Crippen LogP contribution in [0.3, 0.4) is 0 Å². The number of carbonyl (C=O) groups excluding carboxylic acids is 1. The number of piperazine rings is 1. The molecule has 5 nitrogen and oxygen atoms in total. The van der Waals surface area contributed by atoms with Crippen molar-refractivity contribution >= 4 is 5.91 Å². The van der Waals surface area contributed by atoms with Crippen molar-refractivity contribution < 1.29 is 4.79 Å². The first kappa shape index (κ1) is 16.4. The highest BCUT2D eigenvalue weighted by Crippen LogP contribution is 2.16. The van der Waals surface area contributed by atoms with Gasteiger partial charge in [0.25, 0.3) is 0 Å². The predicted octanol–water partition coefficient (Wildman–Crippen LogP) is 1.46. The number of amides is 1. The van der Waals surface area contributed by atoms with Gasteiger partial charge in [-0.25, -0.2) is 0 Å². The van der Waals surface area contributed by atoms with Crippen LogP contribution < -0.4 is 0 Å². The molecular formula is C18H28N4O. The normalized spacial score (nSPS) is 21.5. The number of rotatable bonds is 4. The van der Waals surface area contributed by atoms with E-state index in [2.05, 4.69) is 32.7 Å². The first-order chi connectivity index (χ1) is 11.2. The van der Waals surface area contributed by atoms with Gasteiger partial charge in [0.1, 0.15) is 0 Å². The molecule has 126 valence electrons. The Balaban J connectivity index is 1.40. The van der Waals surface area contributed by atoms with Gasteiger partial charge in [-0.05, 0) is 30.9 Å². The highest BCUT2D eigenvalue weighted by Gasteiger charge is 2.24. The summed E-state index contributed by atoms with van der Waals surface area (Å²) in [6, 6.07) is 6.07. The summed E-state index contributed by atoms with van der Waals surface area (Å²) in [5.41, 5.74) is 1.12. The van der Waals surface area contributed by atoms with Crippen LogP contribution in [0.25, 0.3) is 0 Å². The van der Waals surface area contributed by atoms with Gasteiger partial charge in [-0.3, -0.25) is 19.6 Å². The fraction of sp³-hybridized carbons (Fsp3) is 0.667. The summed E-state index contributed by atoms with van der Waals surface area (Å²) in [5, 5.41) is 0. The molecule has 0 bridgehead atoms. The third-order valence-corrected chi connectivity index (χ3v) is 5.07. The largest absolute Gasteiger partial charge is 0.342 e. The van der Waals surface area contributed by atoms with Crippen LogP contribution in [0, 0.1) is 5.92 Å². The maximum atomic E-state index is 12.4. The molecule has 3 rings (SSSR count). The number of carbonyl (C=O) groups is 1. The van der Waals surface area contributed by atoms with Crippen molar-refractivity contribution in [2.24, 2.45) is 5.92 Å². The van der Waals surface area contributed by atoms with Crippen molar-refractivity contribution in [2.75, 3.05) is 45.8 Å². The fourth-order valence-electron chi connectivity index (χ4n) is 3.38. The molecule has 5 heteroatoms. The number of likely N-dealkylation sites (tertiary alicyclic amines) is 1. The van der Waals surface area contributed by atoms with Gasteiger partial charge in [0, 0.05) is 52.0 Å². The van der Waals surface area contributed by atoms with Crippen molar-refractivity contribution in [3.8, 4) is 0 Å². The van der Waals surface area contributed by atoms with Crippen LogP contribution in [-0.4, -0.2) is 71.4 Å². The third-order valence-electron chi connectivity index (χ3n) is 5.07. The summed E-state index contributed by atoms with van der Waals surface area (Å²) in [5.74, 6) is 1.09. The van der Waals surface area contributed by atoms with Crippen molar-refractivity contribution in [1.82, 2.24) is 19.7 Å². The minimum Gasteiger partial charge on any atom is -0.342 e. The van der Waals surface area contributed by atoms with Crippen LogP contribution in [0.2, 0.25) is 0 Å². The monoisotopic (exact) mass is 316 g/mol. The van der Waals surface area contributed by atoms with E-state index in [1.165, 1.54) is 0 Å². The number of aromatic nitrogens is 1. The summed E-state index contributed by atoms with van der Waals surface area (Å²) in [6.45, 7) is 9.65. The van der Waals surface area contributed by atoms with E-state index in [4.69, 9.17) is 0 Å². The summed E-state index contributed by atoms with van der Waals surface area (Å²) >= 11 is 0. The molecule has 0 unspecified atom stereocenters. The first-order valence-corrected chi connectivity index (χ1v) is 8.83. The molecule has 0 radical (unpaired) electrons. The molecule has 2 saturated heterocycles. The molecule has 0 saturated carbocycles. The topological polar surface area (TPSA) is 39.7 Å². The SMILES string of the molecule is CC1CCN(C(=O)CN2CCN(Cc3ccccn3)CC2)CC1. The van der Waals surface area contributed by atoms with Gasteiger partial charge in [0.05, 0.1) is 12.2 Å². The van der Waals surface area contributed by atoms with E-state index in [-0.39, 0.29) is 0 Å². The van der Waals surface area contributed by atoms with E-state index in [1.54, 1.807) is 0 Å². The second-order valence-corrected chi connectivity index (χ2v) is 6.94. The fourth-order valence-corrected chi connectivity index (χ4v) is 3.38. The quantitative estimate of drug-likeness (QED) is 0.843. The molecule has 2 aliphatic heterocycles. The Bertz CT molecular complexity index is 491. The standard InChI is InChI=1S/C18H28N4O/c1-16-5-8-22(9-6-16)18(23)15-21-12-10-20(11-13-21)14-17-4-2-3-7-19-17/h2-4,7,16H,5-6,8-15H2,1H3. The molecule has 0 spiro atoms. The van der Waals surface area contributed by atoms with E-state index in [1.807, 2.05) is 18.3 Å². The molecule has 3 heterocycles. The Hall–Kier alpha value is -1.46. The predicted molar refractivity (Wildman–Crippen MR) is 90.9 cm³/mol. The summed E-state index contributed by atoms with van der Waals surface area (Å²) < 4.78 is 0. The average Bonchev–Trinajstić information content (AvgIpc) is 2.58. The Morgan fingerprint density at radius 3 is 2.43 bits per heavy atom. The van der Waals surface area contributed by atoms with Crippen molar-refractivity contribution in [3.63, 3.8) is 0 Å². The zero-order chi connectivity index (χ0) is 16.1. The van der Waals surface area contributed by atoms with E-state index < -0.39 is 0 Å². The molecule has 1 aromatic rings. The third kappa shape index (κ3) is 4.75. The van der Waals surface area contributed by atoms with E-state index >= 15 is 0 Å². The van der Waals surface area contributed by atoms with Gasteiger partial charge in [-0.15, -0.1) is 0 Å². The molecular weight excluding hydrogens is 288 g/mol. The van der Waals surface area contributed by atoms with Crippen LogP contribution >= 0.6 is 0 Å². The van der Waals surface area contributed by atoms with Crippen LogP contribution in [0.15, 0.2) is 24.4 Å². The Kier molecular flexibility index (Phi) is 5.62. The lowest BCUT2D eigenvalue weighted by molar-refractivity contribution is -0.134. The number of hydrogen-bond acceptors (Lipinski definition) is 4. The summed E-state index contributed by atoms with van der Waals surface area (Å²) in [7, 11) is 0. The molecule has 0 N–H and O–H groups in total. The number of nitrogens with zero attached hydrogens (tertiary/aromatic N) is 4. The average molecular weight is 316 g/mol. The number of piperidine rings is 1. The maximum absolute atomic E-state index is 12.4. The molecule has 2 aliphatic rings. The highest BCUT2D eigenvalue weighted by molar-refractivity contribution is 5.78. The van der Waals surface area contributed by atoms with Gasteiger partial charge in [0.15, 0.2) is 0 Å². The zero-order valence-corrected chi connectivity index (χ0v) is 14.2. The maximum Gasteiger partial charge on any atom is 0.236 e. The van der Waals surface area contributed by atoms with Crippen LogP contribution in [-0.2, 0) is 11.3 Å². The van der Waals surface area contributed by atoms with Crippen molar-refractivity contribution in [1.29, 1.82) is 0 Å². The van der Waals surface area contributed by atoms with E-state index in [0.717, 1.165) is 70.3 Å². The van der Waals surface area contributed by atoms with Gasteiger partial charge < -0.3 is 4.90 Å². The molecule has 1 aromatic heterocycles. The highest BCUT2D eigenvalue weighted by atomic mass is 16.2. The molecule has 0 atom stereocenters. The number of pyridine rings is 1. The zero-order valence-electron chi connectivity index (χ0n) is 14.2. The Morgan fingerprint density at radius 1 is 1.09 bits per heavy atom. The Morgan fingerprint density at radius 2 is 1.78 bits per heavy atom. The van der Waals surface area contributed by atoms with Gasteiger partial charge >= 0.3 is 0 Å². The second-order valence-electron chi connectivity index (χ2n) is 6.94. The van der Waals surface area contributed by atoms with Crippen LogP contribution in [0.1, 0.15) is 25.5 Å². The molecule has 23 heavy (non-hydrogen) atoms. The number of hydrogen-bond donors (Lipinski definition) is 0. The summed E-state index contributed by atoms with van der Waals surface area (Å²) in [4.78, 5) is 23.6.